The lowest BCUT2D eigenvalue weighted by Gasteiger charge is -2.25. The molecule has 3 nitrogen and oxygen atoms in total. The van der Waals surface area contributed by atoms with Crippen molar-refractivity contribution in [2.45, 2.75) is 18.1 Å². The maximum absolute atomic E-state index is 11.1. The molecule has 0 aliphatic carbocycles. The molecule has 0 aromatic rings. The van der Waals surface area contributed by atoms with E-state index in [0.29, 0.717) is 5.92 Å². The zero-order valence-corrected chi connectivity index (χ0v) is 8.05. The Labute approximate surface area is 77.8 Å². The van der Waals surface area contributed by atoms with Crippen molar-refractivity contribution in [1.29, 1.82) is 0 Å². The van der Waals surface area contributed by atoms with Crippen LogP contribution in [-0.4, -0.2) is 31.5 Å². The van der Waals surface area contributed by atoms with E-state index in [-0.39, 0.29) is 11.2 Å². The smallest absolute Gasteiger partial charge is 0.318 e. The highest BCUT2D eigenvalue weighted by atomic mass is 32.1. The second-order valence-electron chi connectivity index (χ2n) is 2.92. The van der Waals surface area contributed by atoms with Gasteiger partial charge in [0.15, 0.2) is 0 Å². The summed E-state index contributed by atoms with van der Waals surface area (Å²) >= 11 is 4.22. The fourth-order valence-electron chi connectivity index (χ4n) is 1.34. The van der Waals surface area contributed by atoms with Crippen LogP contribution in [0.3, 0.4) is 0 Å². The van der Waals surface area contributed by atoms with Crippen LogP contribution in [0.1, 0.15) is 12.8 Å². The van der Waals surface area contributed by atoms with E-state index in [1.807, 2.05) is 0 Å². The molecule has 70 valence electrons. The van der Waals surface area contributed by atoms with E-state index in [0.717, 1.165) is 26.1 Å². The summed E-state index contributed by atoms with van der Waals surface area (Å²) < 4.78 is 9.79. The minimum absolute atomic E-state index is 0.231. The van der Waals surface area contributed by atoms with Gasteiger partial charge in [0.1, 0.15) is 5.25 Å². The van der Waals surface area contributed by atoms with Gasteiger partial charge in [0, 0.05) is 13.2 Å². The number of methoxy groups -OCH3 is 1. The SMILES string of the molecule is COC(=O)C(S)C1CCOCC1. The lowest BCUT2D eigenvalue weighted by Crippen LogP contribution is -2.30. The van der Waals surface area contributed by atoms with Gasteiger partial charge in [0.2, 0.25) is 0 Å². The van der Waals surface area contributed by atoms with Gasteiger partial charge in [0.25, 0.3) is 0 Å². The highest BCUT2D eigenvalue weighted by Crippen LogP contribution is 2.23. The molecule has 12 heavy (non-hydrogen) atoms. The summed E-state index contributed by atoms with van der Waals surface area (Å²) in [5.74, 6) is 0.0831. The molecule has 1 aliphatic rings. The molecular formula is C8H14O3S. The molecule has 0 aromatic carbocycles. The van der Waals surface area contributed by atoms with E-state index < -0.39 is 0 Å². The fraction of sp³-hybridized carbons (Fsp3) is 0.875. The highest BCUT2D eigenvalue weighted by molar-refractivity contribution is 7.81. The van der Waals surface area contributed by atoms with Gasteiger partial charge in [0.05, 0.1) is 7.11 Å². The predicted octanol–water partition coefficient (Wildman–Crippen LogP) is 0.884. The summed E-state index contributed by atoms with van der Waals surface area (Å²) in [6.07, 6.45) is 1.81. The summed E-state index contributed by atoms with van der Waals surface area (Å²) in [6, 6.07) is 0. The Kier molecular flexibility index (Phi) is 3.88. The Morgan fingerprint density at radius 2 is 2.17 bits per heavy atom. The minimum Gasteiger partial charge on any atom is -0.468 e. The Morgan fingerprint density at radius 3 is 2.67 bits per heavy atom. The fourth-order valence-corrected chi connectivity index (χ4v) is 1.75. The Bertz CT molecular complexity index is 154. The molecule has 1 rings (SSSR count). The van der Waals surface area contributed by atoms with E-state index in [1.165, 1.54) is 7.11 Å². The number of esters is 1. The summed E-state index contributed by atoms with van der Waals surface area (Å²) in [5, 5.41) is -0.279. The van der Waals surface area contributed by atoms with Crippen LogP contribution in [-0.2, 0) is 14.3 Å². The summed E-state index contributed by atoms with van der Waals surface area (Å²) in [5.41, 5.74) is 0. The summed E-state index contributed by atoms with van der Waals surface area (Å²) in [4.78, 5) is 11.1. The highest BCUT2D eigenvalue weighted by Gasteiger charge is 2.27. The molecule has 4 heteroatoms. The van der Waals surface area contributed by atoms with Crippen LogP contribution >= 0.6 is 12.6 Å². The van der Waals surface area contributed by atoms with Crippen molar-refractivity contribution in [3.63, 3.8) is 0 Å². The van der Waals surface area contributed by atoms with Crippen molar-refractivity contribution >= 4 is 18.6 Å². The average molecular weight is 190 g/mol. The van der Waals surface area contributed by atoms with Gasteiger partial charge >= 0.3 is 5.97 Å². The Hall–Kier alpha value is -0.220. The molecular weight excluding hydrogens is 176 g/mol. The molecule has 1 saturated heterocycles. The van der Waals surface area contributed by atoms with Gasteiger partial charge in [-0.1, -0.05) is 0 Å². The average Bonchev–Trinajstić information content (AvgIpc) is 2.17. The third kappa shape index (κ3) is 2.38. The van der Waals surface area contributed by atoms with Gasteiger partial charge in [-0.3, -0.25) is 4.79 Å². The van der Waals surface area contributed by atoms with Gasteiger partial charge in [-0.05, 0) is 18.8 Å². The van der Waals surface area contributed by atoms with E-state index in [1.54, 1.807) is 0 Å². The minimum atomic E-state index is -0.279. The normalized spacial score (nSPS) is 21.8. The molecule has 0 radical (unpaired) electrons. The first-order valence-corrected chi connectivity index (χ1v) is 4.61. The number of carbonyl (C=O) groups excluding carboxylic acids is 1. The van der Waals surface area contributed by atoms with Crippen molar-refractivity contribution in [2.75, 3.05) is 20.3 Å². The molecule has 0 saturated carbocycles. The van der Waals surface area contributed by atoms with Gasteiger partial charge in [-0.2, -0.15) is 12.6 Å². The number of rotatable bonds is 2. The second kappa shape index (κ2) is 4.72. The van der Waals surface area contributed by atoms with E-state index in [2.05, 4.69) is 17.4 Å². The molecule has 0 amide bonds. The molecule has 0 spiro atoms. The first kappa shape index (κ1) is 9.86. The lowest BCUT2D eigenvalue weighted by molar-refractivity contribution is -0.141. The third-order valence-corrected chi connectivity index (χ3v) is 2.79. The Balaban J connectivity index is 2.39. The summed E-state index contributed by atoms with van der Waals surface area (Å²) in [6.45, 7) is 1.47. The van der Waals surface area contributed by atoms with Crippen molar-refractivity contribution in [3.8, 4) is 0 Å². The topological polar surface area (TPSA) is 35.5 Å². The van der Waals surface area contributed by atoms with E-state index in [9.17, 15) is 4.79 Å². The molecule has 1 heterocycles. The number of carbonyl (C=O) groups is 1. The standard InChI is InChI=1S/C8H14O3S/c1-10-8(9)7(12)6-2-4-11-5-3-6/h6-7,12H,2-5H2,1H3. The summed E-state index contributed by atoms with van der Waals surface area (Å²) in [7, 11) is 1.39. The van der Waals surface area contributed by atoms with Crippen molar-refractivity contribution in [3.05, 3.63) is 0 Å². The van der Waals surface area contributed by atoms with Gasteiger partial charge < -0.3 is 9.47 Å². The van der Waals surface area contributed by atoms with Crippen molar-refractivity contribution < 1.29 is 14.3 Å². The van der Waals surface area contributed by atoms with E-state index in [4.69, 9.17) is 4.74 Å². The molecule has 0 N–H and O–H groups in total. The molecule has 0 aromatic heterocycles. The maximum Gasteiger partial charge on any atom is 0.318 e. The van der Waals surface area contributed by atoms with Crippen LogP contribution in [0.2, 0.25) is 0 Å². The first-order valence-electron chi connectivity index (χ1n) is 4.09. The Morgan fingerprint density at radius 1 is 1.58 bits per heavy atom. The molecule has 1 unspecified atom stereocenters. The zero-order chi connectivity index (χ0) is 8.97. The van der Waals surface area contributed by atoms with Crippen LogP contribution in [0.4, 0.5) is 0 Å². The van der Waals surface area contributed by atoms with Crippen molar-refractivity contribution in [2.24, 2.45) is 5.92 Å². The second-order valence-corrected chi connectivity index (χ2v) is 3.47. The monoisotopic (exact) mass is 190 g/mol. The first-order chi connectivity index (χ1) is 5.75. The molecule has 1 atom stereocenters. The van der Waals surface area contributed by atoms with Crippen LogP contribution in [0.15, 0.2) is 0 Å². The van der Waals surface area contributed by atoms with Gasteiger partial charge in [-0.15, -0.1) is 0 Å². The number of thiol groups is 1. The molecule has 0 bridgehead atoms. The number of hydrogen-bond acceptors (Lipinski definition) is 4. The largest absolute Gasteiger partial charge is 0.468 e. The molecule has 1 aliphatic heterocycles. The predicted molar refractivity (Wildman–Crippen MR) is 48.3 cm³/mol. The molecule has 1 fully saturated rings. The van der Waals surface area contributed by atoms with Crippen LogP contribution < -0.4 is 0 Å². The zero-order valence-electron chi connectivity index (χ0n) is 7.16. The van der Waals surface area contributed by atoms with E-state index >= 15 is 0 Å². The van der Waals surface area contributed by atoms with Crippen molar-refractivity contribution in [1.82, 2.24) is 0 Å². The van der Waals surface area contributed by atoms with Crippen LogP contribution in [0, 0.1) is 5.92 Å². The maximum atomic E-state index is 11.1. The third-order valence-electron chi connectivity index (χ3n) is 2.16. The quantitative estimate of drug-likeness (QED) is 0.519. The number of ether oxygens (including phenoxy) is 2. The lowest BCUT2D eigenvalue weighted by atomic mass is 9.96. The van der Waals surface area contributed by atoms with Gasteiger partial charge in [-0.25, -0.2) is 0 Å². The van der Waals surface area contributed by atoms with Crippen LogP contribution in [0.25, 0.3) is 0 Å². The number of hydrogen-bond donors (Lipinski definition) is 1. The van der Waals surface area contributed by atoms with Crippen LogP contribution in [0.5, 0.6) is 0 Å².